The standard InChI is InChI=1S/C21H31N3O2S.HI/c1-25-14-11-21(9-2-3-10-21)17-24-20(23-16-19-7-5-15-27-19)22-12-8-18-6-4-13-26-18;/h4-7,13,15H,2-3,8-12,14,16-17H2,1H3,(H2,22,23,24);1H. The molecule has 0 bridgehead atoms. The molecule has 2 N–H and O–H groups in total. The van der Waals surface area contributed by atoms with E-state index in [4.69, 9.17) is 14.1 Å². The van der Waals surface area contributed by atoms with Gasteiger partial charge in [-0.05, 0) is 48.3 Å². The molecule has 1 aliphatic rings. The Balaban J connectivity index is 0.00000280. The average Bonchev–Trinajstić information content (AvgIpc) is 3.45. The van der Waals surface area contributed by atoms with Gasteiger partial charge in [-0.2, -0.15) is 0 Å². The first-order valence-corrected chi connectivity index (χ1v) is 10.7. The maximum absolute atomic E-state index is 5.42. The Morgan fingerprint density at radius 3 is 2.79 bits per heavy atom. The highest BCUT2D eigenvalue weighted by Crippen LogP contribution is 2.40. The van der Waals surface area contributed by atoms with Crippen LogP contribution in [0.15, 0.2) is 45.3 Å². The summed E-state index contributed by atoms with van der Waals surface area (Å²) in [4.78, 5) is 6.08. The molecule has 1 saturated carbocycles. The SMILES string of the molecule is COCCC1(CNC(=NCc2cccs2)NCCc2ccco2)CCCC1.I. The molecule has 0 unspecified atom stereocenters. The molecular weight excluding hydrogens is 485 g/mol. The summed E-state index contributed by atoms with van der Waals surface area (Å²) in [5.41, 5.74) is 0.336. The number of hydrogen-bond acceptors (Lipinski definition) is 4. The summed E-state index contributed by atoms with van der Waals surface area (Å²) in [7, 11) is 1.79. The third-order valence-corrected chi connectivity index (χ3v) is 6.21. The Hall–Kier alpha value is -1.06. The van der Waals surface area contributed by atoms with E-state index < -0.39 is 0 Å². The lowest BCUT2D eigenvalue weighted by atomic mass is 9.83. The van der Waals surface area contributed by atoms with Crippen molar-refractivity contribution in [3.63, 3.8) is 0 Å². The van der Waals surface area contributed by atoms with Crippen LogP contribution in [0.2, 0.25) is 0 Å². The topological polar surface area (TPSA) is 58.8 Å². The highest BCUT2D eigenvalue weighted by Gasteiger charge is 2.33. The summed E-state index contributed by atoms with van der Waals surface area (Å²) in [6.07, 6.45) is 8.86. The minimum atomic E-state index is 0. The van der Waals surface area contributed by atoms with Crippen LogP contribution in [0.5, 0.6) is 0 Å². The zero-order valence-electron chi connectivity index (χ0n) is 16.6. The van der Waals surface area contributed by atoms with Gasteiger partial charge < -0.3 is 19.8 Å². The van der Waals surface area contributed by atoms with Gasteiger partial charge in [0.15, 0.2) is 5.96 Å². The van der Waals surface area contributed by atoms with Crippen LogP contribution >= 0.6 is 35.3 Å². The second-order valence-electron chi connectivity index (χ2n) is 7.30. The van der Waals surface area contributed by atoms with E-state index in [1.807, 2.05) is 12.1 Å². The Bertz CT molecular complexity index is 668. The van der Waals surface area contributed by atoms with Gasteiger partial charge in [0, 0.05) is 38.1 Å². The van der Waals surface area contributed by atoms with Gasteiger partial charge in [0.25, 0.3) is 0 Å². The smallest absolute Gasteiger partial charge is 0.191 e. The van der Waals surface area contributed by atoms with Crippen molar-refractivity contribution in [3.8, 4) is 0 Å². The van der Waals surface area contributed by atoms with Crippen LogP contribution in [0.1, 0.15) is 42.7 Å². The normalized spacial score (nSPS) is 16.0. The van der Waals surface area contributed by atoms with Crippen LogP contribution in [0.3, 0.4) is 0 Å². The van der Waals surface area contributed by atoms with E-state index in [0.717, 1.165) is 44.3 Å². The van der Waals surface area contributed by atoms with Gasteiger partial charge in [0.1, 0.15) is 5.76 Å². The summed E-state index contributed by atoms with van der Waals surface area (Å²) in [6.45, 7) is 3.29. The molecule has 0 spiro atoms. The fourth-order valence-corrected chi connectivity index (χ4v) is 4.35. The second-order valence-corrected chi connectivity index (χ2v) is 8.34. The van der Waals surface area contributed by atoms with Crippen LogP contribution in [0, 0.1) is 5.41 Å². The van der Waals surface area contributed by atoms with E-state index in [1.165, 1.54) is 30.6 Å². The van der Waals surface area contributed by atoms with Crippen molar-refractivity contribution in [1.29, 1.82) is 0 Å². The van der Waals surface area contributed by atoms with Crippen molar-refractivity contribution in [2.24, 2.45) is 10.4 Å². The molecule has 0 aromatic carbocycles. The summed E-state index contributed by atoms with van der Waals surface area (Å²) in [6, 6.07) is 8.14. The van der Waals surface area contributed by atoms with Crippen molar-refractivity contribution in [3.05, 3.63) is 46.5 Å². The summed E-state index contributed by atoms with van der Waals surface area (Å²) in [5, 5.41) is 9.18. The van der Waals surface area contributed by atoms with Crippen molar-refractivity contribution in [2.75, 3.05) is 26.8 Å². The number of hydrogen-bond donors (Lipinski definition) is 2. The zero-order chi connectivity index (χ0) is 18.8. The predicted octanol–water partition coefficient (Wildman–Crippen LogP) is 4.83. The number of guanidine groups is 1. The molecule has 2 aromatic heterocycles. The van der Waals surface area contributed by atoms with Gasteiger partial charge in [-0.1, -0.05) is 18.9 Å². The first-order chi connectivity index (χ1) is 13.3. The minimum Gasteiger partial charge on any atom is -0.469 e. The van der Waals surface area contributed by atoms with Gasteiger partial charge in [-0.3, -0.25) is 0 Å². The fourth-order valence-electron chi connectivity index (χ4n) is 3.72. The molecular formula is C21H32IN3O2S. The Morgan fingerprint density at radius 2 is 2.11 bits per heavy atom. The maximum Gasteiger partial charge on any atom is 0.191 e. The highest BCUT2D eigenvalue weighted by atomic mass is 127. The Kier molecular flexibility index (Phi) is 10.4. The van der Waals surface area contributed by atoms with Crippen LogP contribution in [0.4, 0.5) is 0 Å². The largest absolute Gasteiger partial charge is 0.469 e. The number of furan rings is 1. The van der Waals surface area contributed by atoms with Gasteiger partial charge in [-0.25, -0.2) is 4.99 Å². The molecule has 28 heavy (non-hydrogen) atoms. The molecule has 3 rings (SSSR count). The molecule has 156 valence electrons. The van der Waals surface area contributed by atoms with Gasteiger partial charge in [0.05, 0.1) is 12.8 Å². The first-order valence-electron chi connectivity index (χ1n) is 9.86. The number of nitrogens with zero attached hydrogens (tertiary/aromatic N) is 1. The average molecular weight is 517 g/mol. The van der Waals surface area contributed by atoms with E-state index in [1.54, 1.807) is 24.7 Å². The molecule has 0 saturated heterocycles. The van der Waals surface area contributed by atoms with Crippen molar-refractivity contribution >= 4 is 41.3 Å². The summed E-state index contributed by atoms with van der Waals surface area (Å²) >= 11 is 1.75. The molecule has 7 heteroatoms. The van der Waals surface area contributed by atoms with Crippen molar-refractivity contribution < 1.29 is 9.15 Å². The van der Waals surface area contributed by atoms with Crippen LogP contribution in [-0.4, -0.2) is 32.8 Å². The molecule has 2 heterocycles. The van der Waals surface area contributed by atoms with Gasteiger partial charge in [-0.15, -0.1) is 35.3 Å². The van der Waals surface area contributed by atoms with Crippen LogP contribution < -0.4 is 10.6 Å². The van der Waals surface area contributed by atoms with E-state index in [9.17, 15) is 0 Å². The fraction of sp³-hybridized carbons (Fsp3) is 0.571. The molecule has 5 nitrogen and oxygen atoms in total. The number of thiophene rings is 1. The van der Waals surface area contributed by atoms with Crippen LogP contribution in [-0.2, 0) is 17.7 Å². The molecule has 1 fully saturated rings. The number of halogens is 1. The van der Waals surface area contributed by atoms with Crippen molar-refractivity contribution in [1.82, 2.24) is 10.6 Å². The third kappa shape index (κ3) is 7.40. The monoisotopic (exact) mass is 517 g/mol. The molecule has 1 aliphatic carbocycles. The number of aliphatic imine (C=N–C) groups is 1. The van der Waals surface area contributed by atoms with Gasteiger partial charge >= 0.3 is 0 Å². The quantitative estimate of drug-likeness (QED) is 0.269. The molecule has 0 amide bonds. The maximum atomic E-state index is 5.42. The minimum absolute atomic E-state index is 0. The molecule has 0 aliphatic heterocycles. The lowest BCUT2D eigenvalue weighted by Gasteiger charge is -2.30. The molecule has 0 atom stereocenters. The highest BCUT2D eigenvalue weighted by molar-refractivity contribution is 14.0. The molecule has 0 radical (unpaired) electrons. The van der Waals surface area contributed by atoms with Crippen molar-refractivity contribution in [2.45, 2.75) is 45.1 Å². The van der Waals surface area contributed by atoms with Crippen LogP contribution in [0.25, 0.3) is 0 Å². The Labute approximate surface area is 189 Å². The predicted molar refractivity (Wildman–Crippen MR) is 127 cm³/mol. The second kappa shape index (κ2) is 12.5. The lowest BCUT2D eigenvalue weighted by Crippen LogP contribution is -2.44. The number of methoxy groups -OCH3 is 1. The zero-order valence-corrected chi connectivity index (χ0v) is 19.8. The number of ether oxygens (including phenoxy) is 1. The summed E-state index contributed by atoms with van der Waals surface area (Å²) in [5.74, 6) is 1.88. The number of nitrogens with one attached hydrogen (secondary N) is 2. The third-order valence-electron chi connectivity index (χ3n) is 5.35. The summed E-state index contributed by atoms with van der Waals surface area (Å²) < 4.78 is 10.8. The van der Waals surface area contributed by atoms with E-state index in [2.05, 4.69) is 28.1 Å². The van der Waals surface area contributed by atoms with E-state index in [-0.39, 0.29) is 24.0 Å². The Morgan fingerprint density at radius 1 is 1.25 bits per heavy atom. The van der Waals surface area contributed by atoms with Gasteiger partial charge in [0.2, 0.25) is 0 Å². The van der Waals surface area contributed by atoms with E-state index >= 15 is 0 Å². The molecule has 2 aromatic rings. The lowest BCUT2D eigenvalue weighted by molar-refractivity contribution is 0.138. The number of rotatable bonds is 10. The first kappa shape index (κ1) is 23.2. The van der Waals surface area contributed by atoms with E-state index in [0.29, 0.717) is 12.0 Å².